The van der Waals surface area contributed by atoms with E-state index in [0.29, 0.717) is 5.92 Å². The molecule has 2 N–H and O–H groups in total. The molecule has 0 amide bonds. The van der Waals surface area contributed by atoms with Crippen molar-refractivity contribution in [3.05, 3.63) is 22.8 Å². The third kappa shape index (κ3) is 3.18. The van der Waals surface area contributed by atoms with Gasteiger partial charge < -0.3 is 10.2 Å². The van der Waals surface area contributed by atoms with E-state index >= 15 is 0 Å². The van der Waals surface area contributed by atoms with Gasteiger partial charge in [-0.25, -0.2) is 0 Å². The van der Waals surface area contributed by atoms with Gasteiger partial charge in [-0.05, 0) is 62.2 Å². The Bertz CT molecular complexity index is 541. The van der Waals surface area contributed by atoms with Gasteiger partial charge in [0.15, 0.2) is 5.78 Å². The number of carbonyl (C=O) groups is 1. The van der Waals surface area contributed by atoms with Gasteiger partial charge in [0.1, 0.15) is 0 Å². The minimum atomic E-state index is -0.386. The number of aliphatic hydroxyl groups is 2. The highest BCUT2D eigenvalue weighted by Crippen LogP contribution is 2.57. The number of hydrogen-bond acceptors (Lipinski definition) is 3. The number of carbonyl (C=O) groups excluding carboxylic acids is 1. The lowest BCUT2D eigenvalue weighted by Gasteiger charge is -2.52. The van der Waals surface area contributed by atoms with Crippen LogP contribution in [0.4, 0.5) is 0 Å². The van der Waals surface area contributed by atoms with Crippen molar-refractivity contribution in [2.45, 2.75) is 72.8 Å². The molecule has 0 aromatic carbocycles. The highest BCUT2D eigenvalue weighted by Gasteiger charge is 2.50. The second-order valence-corrected chi connectivity index (χ2v) is 8.29. The molecule has 2 aliphatic rings. The molecule has 1 saturated carbocycles. The van der Waals surface area contributed by atoms with Crippen molar-refractivity contribution in [2.75, 3.05) is 6.61 Å². The normalized spacial score (nSPS) is 31.7. The van der Waals surface area contributed by atoms with Crippen LogP contribution in [0, 0.1) is 16.7 Å². The first-order chi connectivity index (χ1) is 10.6. The van der Waals surface area contributed by atoms with E-state index in [1.165, 1.54) is 5.57 Å². The van der Waals surface area contributed by atoms with Gasteiger partial charge >= 0.3 is 0 Å². The average Bonchev–Trinajstić information content (AvgIpc) is 2.47. The molecule has 3 atom stereocenters. The van der Waals surface area contributed by atoms with Crippen LogP contribution in [0.1, 0.15) is 66.7 Å². The molecular formula is C20H32O3. The maximum absolute atomic E-state index is 12.5. The Labute approximate surface area is 140 Å². The van der Waals surface area contributed by atoms with Crippen LogP contribution in [-0.2, 0) is 4.79 Å². The Morgan fingerprint density at radius 2 is 1.96 bits per heavy atom. The maximum atomic E-state index is 12.5. The zero-order chi connectivity index (χ0) is 17.4. The van der Waals surface area contributed by atoms with Gasteiger partial charge in [-0.2, -0.15) is 0 Å². The number of fused-ring (bicyclic) bond motifs is 1. The Kier molecular flexibility index (Phi) is 5.22. The minimum absolute atomic E-state index is 0.101. The summed E-state index contributed by atoms with van der Waals surface area (Å²) in [7, 11) is 0. The van der Waals surface area contributed by atoms with Crippen LogP contribution in [0.15, 0.2) is 22.8 Å². The summed E-state index contributed by atoms with van der Waals surface area (Å²) in [5.74, 6) is 0.556. The highest BCUT2D eigenvalue weighted by atomic mass is 16.3. The predicted octanol–water partition coefficient (Wildman–Crippen LogP) is 3.80. The second kappa shape index (κ2) is 6.52. The Morgan fingerprint density at radius 3 is 2.57 bits per heavy atom. The molecule has 2 aliphatic carbocycles. The molecule has 0 spiro atoms. The molecule has 0 aromatic heterocycles. The van der Waals surface area contributed by atoms with Crippen LogP contribution < -0.4 is 0 Å². The zero-order valence-electron chi connectivity index (χ0n) is 15.3. The minimum Gasteiger partial charge on any atom is -0.396 e. The van der Waals surface area contributed by atoms with Gasteiger partial charge in [-0.3, -0.25) is 4.79 Å². The molecular weight excluding hydrogens is 288 g/mol. The van der Waals surface area contributed by atoms with Crippen molar-refractivity contribution in [1.82, 2.24) is 0 Å². The molecule has 0 bridgehead atoms. The Balaban J connectivity index is 2.34. The van der Waals surface area contributed by atoms with Crippen LogP contribution in [0.25, 0.3) is 0 Å². The van der Waals surface area contributed by atoms with Crippen molar-refractivity contribution in [3.8, 4) is 0 Å². The van der Waals surface area contributed by atoms with Crippen molar-refractivity contribution in [1.29, 1.82) is 0 Å². The van der Waals surface area contributed by atoms with Gasteiger partial charge in [-0.15, -0.1) is 0 Å². The number of ketones is 1. The fourth-order valence-corrected chi connectivity index (χ4v) is 4.49. The summed E-state index contributed by atoms with van der Waals surface area (Å²) in [6, 6.07) is 0. The summed E-state index contributed by atoms with van der Waals surface area (Å²) in [5, 5.41) is 19.5. The fraction of sp³-hybridized carbons (Fsp3) is 0.750. The first-order valence-electron chi connectivity index (χ1n) is 8.90. The molecule has 1 fully saturated rings. The molecule has 2 rings (SSSR count). The SMILES string of the molecule is CC1=C(CC[C@@H](C)CCO)[C@@]2(C)CC[C@H](O)C(C)(C)C2=CC1=O. The van der Waals surface area contributed by atoms with Gasteiger partial charge in [0, 0.05) is 17.4 Å². The summed E-state index contributed by atoms with van der Waals surface area (Å²) >= 11 is 0. The molecule has 0 heterocycles. The lowest BCUT2D eigenvalue weighted by molar-refractivity contribution is -0.112. The van der Waals surface area contributed by atoms with Crippen LogP contribution in [-0.4, -0.2) is 28.7 Å². The first-order valence-corrected chi connectivity index (χ1v) is 8.90. The van der Waals surface area contributed by atoms with Crippen molar-refractivity contribution >= 4 is 5.78 Å². The largest absolute Gasteiger partial charge is 0.396 e. The number of aliphatic hydroxyl groups excluding tert-OH is 2. The molecule has 3 nitrogen and oxygen atoms in total. The third-order valence-electron chi connectivity index (χ3n) is 6.31. The van der Waals surface area contributed by atoms with E-state index in [4.69, 9.17) is 5.11 Å². The maximum Gasteiger partial charge on any atom is 0.181 e. The summed E-state index contributed by atoms with van der Waals surface area (Å²) in [6.45, 7) is 10.7. The molecule has 0 radical (unpaired) electrons. The van der Waals surface area contributed by atoms with Crippen LogP contribution in [0.2, 0.25) is 0 Å². The smallest absolute Gasteiger partial charge is 0.181 e. The number of rotatable bonds is 5. The summed E-state index contributed by atoms with van der Waals surface area (Å²) < 4.78 is 0. The number of allylic oxidation sites excluding steroid dienone is 3. The fourth-order valence-electron chi connectivity index (χ4n) is 4.49. The molecule has 130 valence electrons. The molecule has 0 unspecified atom stereocenters. The summed E-state index contributed by atoms with van der Waals surface area (Å²) in [6.07, 6.45) is 5.78. The standard InChI is InChI=1S/C20H32O3/c1-13(9-11-21)6-7-15-14(2)16(22)12-17-19(3,4)18(23)8-10-20(15,17)5/h12-13,18,21,23H,6-11H2,1-5H3/t13-,18+,20-/m1/s1. The Hall–Kier alpha value is -0.930. The Morgan fingerprint density at radius 1 is 1.30 bits per heavy atom. The van der Waals surface area contributed by atoms with Crippen LogP contribution >= 0.6 is 0 Å². The monoisotopic (exact) mass is 320 g/mol. The number of hydrogen-bond donors (Lipinski definition) is 2. The van der Waals surface area contributed by atoms with E-state index in [-0.39, 0.29) is 29.3 Å². The zero-order valence-corrected chi connectivity index (χ0v) is 15.3. The molecule has 3 heteroatoms. The molecule has 0 aromatic rings. The van der Waals surface area contributed by atoms with Crippen molar-refractivity contribution in [3.63, 3.8) is 0 Å². The summed E-state index contributed by atoms with van der Waals surface area (Å²) in [5.41, 5.74) is 2.78. The molecule has 23 heavy (non-hydrogen) atoms. The topological polar surface area (TPSA) is 57.5 Å². The van der Waals surface area contributed by atoms with E-state index in [2.05, 4.69) is 27.7 Å². The predicted molar refractivity (Wildman–Crippen MR) is 93.0 cm³/mol. The second-order valence-electron chi connectivity index (χ2n) is 8.29. The first kappa shape index (κ1) is 18.4. The van der Waals surface area contributed by atoms with E-state index in [9.17, 15) is 9.90 Å². The van der Waals surface area contributed by atoms with E-state index in [1.54, 1.807) is 6.08 Å². The van der Waals surface area contributed by atoms with Gasteiger partial charge in [0.2, 0.25) is 0 Å². The van der Waals surface area contributed by atoms with Gasteiger partial charge in [0.25, 0.3) is 0 Å². The van der Waals surface area contributed by atoms with E-state index in [1.807, 2.05) is 6.92 Å². The van der Waals surface area contributed by atoms with Gasteiger partial charge in [0.05, 0.1) is 6.10 Å². The summed E-state index contributed by atoms with van der Waals surface area (Å²) in [4.78, 5) is 12.5. The van der Waals surface area contributed by atoms with Crippen molar-refractivity contribution < 1.29 is 15.0 Å². The van der Waals surface area contributed by atoms with Crippen molar-refractivity contribution in [2.24, 2.45) is 16.7 Å². The average molecular weight is 320 g/mol. The third-order valence-corrected chi connectivity index (χ3v) is 6.31. The van der Waals surface area contributed by atoms with E-state index < -0.39 is 0 Å². The highest BCUT2D eigenvalue weighted by molar-refractivity contribution is 6.06. The van der Waals surface area contributed by atoms with Gasteiger partial charge in [-0.1, -0.05) is 33.3 Å². The lowest BCUT2D eigenvalue weighted by atomic mass is 9.53. The van der Waals surface area contributed by atoms with Crippen LogP contribution in [0.5, 0.6) is 0 Å². The quantitative estimate of drug-likeness (QED) is 0.810. The molecule has 0 saturated heterocycles. The lowest BCUT2D eigenvalue weighted by Crippen LogP contribution is -2.46. The molecule has 0 aliphatic heterocycles. The van der Waals surface area contributed by atoms with Crippen LogP contribution in [0.3, 0.4) is 0 Å². The van der Waals surface area contributed by atoms with E-state index in [0.717, 1.165) is 43.3 Å².